The molecule has 0 bridgehead atoms. The van der Waals surface area contributed by atoms with Gasteiger partial charge < -0.3 is 4.90 Å². The average Bonchev–Trinajstić information content (AvgIpc) is 3.39. The maximum absolute atomic E-state index is 13.2. The Labute approximate surface area is 210 Å². The van der Waals surface area contributed by atoms with Crippen LogP contribution in [0, 0.1) is 12.8 Å². The summed E-state index contributed by atoms with van der Waals surface area (Å²) in [5.41, 5.74) is 4.23. The Balaban J connectivity index is 1.53. The molecule has 0 unspecified atom stereocenters. The molecule has 0 saturated heterocycles. The van der Waals surface area contributed by atoms with Crippen LogP contribution in [0.25, 0.3) is 21.6 Å². The molecule has 1 fully saturated rings. The number of thiazole rings is 1. The lowest BCUT2D eigenvalue weighted by Gasteiger charge is -2.30. The first-order chi connectivity index (χ1) is 17.0. The average molecular weight is 491 g/mol. The van der Waals surface area contributed by atoms with Crippen LogP contribution in [0.15, 0.2) is 35.1 Å². The maximum Gasteiger partial charge on any atom is 0.278 e. The number of nitrogens with one attached hydrogen (secondary N) is 1. The van der Waals surface area contributed by atoms with Crippen molar-refractivity contribution in [3.8, 4) is 10.6 Å². The van der Waals surface area contributed by atoms with E-state index in [-0.39, 0.29) is 5.56 Å². The Morgan fingerprint density at radius 2 is 1.91 bits per heavy atom. The minimum absolute atomic E-state index is 0.123. The maximum atomic E-state index is 13.2. The summed E-state index contributed by atoms with van der Waals surface area (Å²) in [6.07, 6.45) is 8.11. The largest absolute Gasteiger partial charge is 0.337 e. The summed E-state index contributed by atoms with van der Waals surface area (Å²) in [4.78, 5) is 29.6. The van der Waals surface area contributed by atoms with Gasteiger partial charge in [-0.15, -0.1) is 11.3 Å². The Morgan fingerprint density at radius 3 is 2.66 bits per heavy atom. The van der Waals surface area contributed by atoms with E-state index in [1.54, 1.807) is 16.0 Å². The van der Waals surface area contributed by atoms with Crippen molar-refractivity contribution in [2.75, 3.05) is 11.4 Å². The number of hydrogen-bond donors (Lipinski definition) is 1. The lowest BCUT2D eigenvalue weighted by Crippen LogP contribution is -2.33. The van der Waals surface area contributed by atoms with Crippen LogP contribution in [0.5, 0.6) is 0 Å². The van der Waals surface area contributed by atoms with Crippen molar-refractivity contribution in [3.63, 3.8) is 0 Å². The number of benzene rings is 1. The molecule has 1 aliphatic rings. The highest BCUT2D eigenvalue weighted by atomic mass is 32.1. The second-order valence-corrected chi connectivity index (χ2v) is 10.8. The van der Waals surface area contributed by atoms with Gasteiger partial charge in [0.2, 0.25) is 5.95 Å². The van der Waals surface area contributed by atoms with E-state index >= 15 is 0 Å². The van der Waals surface area contributed by atoms with Crippen LogP contribution in [0.2, 0.25) is 0 Å². The van der Waals surface area contributed by atoms with Gasteiger partial charge in [0, 0.05) is 24.0 Å². The summed E-state index contributed by atoms with van der Waals surface area (Å²) in [5.74, 6) is 1.25. The van der Waals surface area contributed by atoms with E-state index in [0.29, 0.717) is 23.9 Å². The Hall–Kier alpha value is -3.00. The molecule has 0 atom stereocenters. The van der Waals surface area contributed by atoms with E-state index in [0.717, 1.165) is 46.9 Å². The van der Waals surface area contributed by atoms with Crippen molar-refractivity contribution < 1.29 is 0 Å². The van der Waals surface area contributed by atoms with Gasteiger partial charge in [0.05, 0.1) is 17.9 Å². The predicted octanol–water partition coefficient (Wildman–Crippen LogP) is 5.63. The number of nitrogens with zero attached hydrogens (tertiary/aromatic N) is 5. The zero-order valence-electron chi connectivity index (χ0n) is 20.9. The van der Waals surface area contributed by atoms with Gasteiger partial charge in [0.25, 0.3) is 5.56 Å². The lowest BCUT2D eigenvalue weighted by molar-refractivity contribution is 0.356. The molecule has 0 aliphatic heterocycles. The molecule has 8 heteroatoms. The predicted molar refractivity (Wildman–Crippen MR) is 143 cm³/mol. The second kappa shape index (κ2) is 10.3. The summed E-state index contributed by atoms with van der Waals surface area (Å²) >= 11 is 1.73. The number of aromatic nitrogens is 5. The van der Waals surface area contributed by atoms with Crippen LogP contribution in [-0.2, 0) is 20.0 Å². The molecule has 5 rings (SSSR count). The molecule has 0 radical (unpaired) electrons. The van der Waals surface area contributed by atoms with Crippen molar-refractivity contribution in [1.29, 1.82) is 0 Å². The van der Waals surface area contributed by atoms with Crippen LogP contribution >= 0.6 is 11.3 Å². The Kier molecular flexibility index (Phi) is 7.00. The quantitative estimate of drug-likeness (QED) is 0.346. The highest BCUT2D eigenvalue weighted by Gasteiger charge is 2.23. The molecule has 3 heterocycles. The minimum atomic E-state index is -0.123. The first-order valence-electron chi connectivity index (χ1n) is 12.8. The number of aryl methyl sites for hydroxylation is 3. The van der Waals surface area contributed by atoms with Crippen LogP contribution in [0.3, 0.4) is 0 Å². The van der Waals surface area contributed by atoms with Gasteiger partial charge in [-0.3, -0.25) is 14.5 Å². The van der Waals surface area contributed by atoms with Crippen LogP contribution in [0.1, 0.15) is 61.7 Å². The fourth-order valence-electron chi connectivity index (χ4n) is 5.15. The monoisotopic (exact) mass is 490 g/mol. The lowest BCUT2D eigenvalue weighted by atomic mass is 9.89. The first kappa shape index (κ1) is 23.7. The van der Waals surface area contributed by atoms with Crippen molar-refractivity contribution in [2.24, 2.45) is 13.0 Å². The number of fused-ring (bicyclic) bond motifs is 1. The fraction of sp³-hybridized carbons (Fsp3) is 0.481. The third-order valence-corrected chi connectivity index (χ3v) is 8.18. The van der Waals surface area contributed by atoms with Gasteiger partial charge in [-0.2, -0.15) is 5.10 Å². The van der Waals surface area contributed by atoms with E-state index in [1.807, 2.05) is 25.2 Å². The van der Waals surface area contributed by atoms with Crippen molar-refractivity contribution in [3.05, 3.63) is 57.0 Å². The molecule has 1 aromatic carbocycles. The van der Waals surface area contributed by atoms with E-state index in [1.165, 1.54) is 37.0 Å². The number of aromatic amines is 1. The summed E-state index contributed by atoms with van der Waals surface area (Å²) < 4.78 is 1.67. The second-order valence-electron chi connectivity index (χ2n) is 9.69. The molecule has 7 nitrogen and oxygen atoms in total. The fourth-order valence-corrected chi connectivity index (χ4v) is 6.23. The number of anilines is 1. The highest BCUT2D eigenvalue weighted by Crippen LogP contribution is 2.31. The summed E-state index contributed by atoms with van der Waals surface area (Å²) in [5, 5.41) is 5.63. The molecule has 3 aromatic heterocycles. The van der Waals surface area contributed by atoms with Crippen LogP contribution in [-0.4, -0.2) is 31.3 Å². The standard InChI is InChI=1S/C27H34N6OS/c1-4-11-21-23-24(32(3)31-21)25(34)30-27(29-23)33(16-19-12-7-5-8-13-19)17-22-18(2)28-26(35-22)20-14-9-6-10-15-20/h6,9-10,14-15,19H,4-5,7-8,11-13,16-17H2,1-3H3,(H,29,30,34). The van der Waals surface area contributed by atoms with E-state index in [2.05, 4.69) is 41.0 Å². The van der Waals surface area contributed by atoms with Crippen LogP contribution < -0.4 is 10.5 Å². The summed E-state index contributed by atoms with van der Waals surface area (Å²) in [7, 11) is 1.82. The summed E-state index contributed by atoms with van der Waals surface area (Å²) in [6, 6.07) is 10.3. The van der Waals surface area contributed by atoms with Crippen molar-refractivity contribution >= 4 is 28.3 Å². The molecule has 1 N–H and O–H groups in total. The molecule has 4 aromatic rings. The molecule has 1 aliphatic carbocycles. The number of H-pyrrole nitrogens is 1. The zero-order valence-corrected chi connectivity index (χ0v) is 21.7. The number of hydrogen-bond acceptors (Lipinski definition) is 6. The summed E-state index contributed by atoms with van der Waals surface area (Å²) in [6.45, 7) is 5.78. The Morgan fingerprint density at radius 1 is 1.14 bits per heavy atom. The van der Waals surface area contributed by atoms with Gasteiger partial charge in [0.1, 0.15) is 10.5 Å². The smallest absolute Gasteiger partial charge is 0.278 e. The molecular formula is C27H34N6OS. The molecule has 0 amide bonds. The topological polar surface area (TPSA) is 79.7 Å². The van der Waals surface area contributed by atoms with Crippen LogP contribution in [0.4, 0.5) is 5.95 Å². The Bertz CT molecular complexity index is 1350. The first-order valence-corrected chi connectivity index (χ1v) is 13.6. The van der Waals surface area contributed by atoms with Gasteiger partial charge in [-0.05, 0) is 32.1 Å². The van der Waals surface area contributed by atoms with Crippen molar-refractivity contribution in [1.82, 2.24) is 24.7 Å². The molecule has 0 spiro atoms. The van der Waals surface area contributed by atoms with Gasteiger partial charge in [-0.25, -0.2) is 9.97 Å². The van der Waals surface area contributed by atoms with Gasteiger partial charge in [-0.1, -0.05) is 62.9 Å². The SMILES string of the molecule is CCCc1nn(C)c2c(=O)[nH]c(N(Cc3sc(-c4ccccc4)nc3C)CC3CCCCC3)nc12. The normalized spacial score (nSPS) is 14.6. The van der Waals surface area contributed by atoms with Gasteiger partial charge >= 0.3 is 0 Å². The molecular weight excluding hydrogens is 456 g/mol. The van der Waals surface area contributed by atoms with E-state index in [9.17, 15) is 4.79 Å². The molecule has 35 heavy (non-hydrogen) atoms. The zero-order chi connectivity index (χ0) is 24.4. The molecule has 184 valence electrons. The van der Waals surface area contributed by atoms with E-state index < -0.39 is 0 Å². The highest BCUT2D eigenvalue weighted by molar-refractivity contribution is 7.15. The molecule has 1 saturated carbocycles. The van der Waals surface area contributed by atoms with E-state index in [4.69, 9.17) is 9.97 Å². The van der Waals surface area contributed by atoms with Gasteiger partial charge in [0.15, 0.2) is 5.52 Å². The van der Waals surface area contributed by atoms with Crippen molar-refractivity contribution in [2.45, 2.75) is 65.3 Å². The number of rotatable bonds is 8. The minimum Gasteiger partial charge on any atom is -0.337 e. The third-order valence-electron chi connectivity index (χ3n) is 6.99. The third kappa shape index (κ3) is 5.03.